The third-order valence-electron chi connectivity index (χ3n) is 5.98. The summed E-state index contributed by atoms with van der Waals surface area (Å²) in [5, 5.41) is 7.36. The molecule has 0 saturated carbocycles. The number of hydrogen-bond donors (Lipinski definition) is 2. The number of benzene rings is 2. The molecular formula is C24H26ClFN4O3. The monoisotopic (exact) mass is 472 g/mol. The van der Waals surface area contributed by atoms with Gasteiger partial charge < -0.3 is 24.8 Å². The lowest BCUT2D eigenvalue weighted by molar-refractivity contribution is 0.142. The Kier molecular flexibility index (Phi) is 6.75. The quantitative estimate of drug-likeness (QED) is 0.515. The van der Waals surface area contributed by atoms with Crippen molar-refractivity contribution in [3.05, 3.63) is 47.5 Å². The summed E-state index contributed by atoms with van der Waals surface area (Å²) >= 11 is 5.96. The minimum Gasteiger partial charge on any atom is -0.493 e. The van der Waals surface area contributed by atoms with Crippen molar-refractivity contribution in [1.82, 2.24) is 15.3 Å². The summed E-state index contributed by atoms with van der Waals surface area (Å²) in [5.74, 6) is 1.93. The van der Waals surface area contributed by atoms with Crippen molar-refractivity contribution in [2.75, 3.05) is 38.2 Å². The molecule has 33 heavy (non-hydrogen) atoms. The third kappa shape index (κ3) is 5.29. The molecule has 7 nitrogen and oxygen atoms in total. The molecule has 0 radical (unpaired) electrons. The zero-order valence-electron chi connectivity index (χ0n) is 18.2. The van der Waals surface area contributed by atoms with Gasteiger partial charge in [-0.2, -0.15) is 0 Å². The zero-order chi connectivity index (χ0) is 22.6. The highest BCUT2D eigenvalue weighted by Gasteiger charge is 2.22. The van der Waals surface area contributed by atoms with Gasteiger partial charge in [0.1, 0.15) is 35.6 Å². The number of aromatic nitrogens is 2. The van der Waals surface area contributed by atoms with E-state index in [0.29, 0.717) is 54.3 Å². The Balaban J connectivity index is 1.47. The number of piperidine rings is 1. The van der Waals surface area contributed by atoms with Gasteiger partial charge in [0.2, 0.25) is 0 Å². The second-order valence-electron chi connectivity index (χ2n) is 8.40. The van der Waals surface area contributed by atoms with Crippen molar-refractivity contribution in [1.29, 1.82) is 0 Å². The first-order valence-corrected chi connectivity index (χ1v) is 11.6. The molecule has 3 aromatic rings. The average Bonchev–Trinajstić information content (AvgIpc) is 3.34. The predicted molar refractivity (Wildman–Crippen MR) is 125 cm³/mol. The summed E-state index contributed by atoms with van der Waals surface area (Å²) in [6.07, 6.45) is 4.45. The Hall–Kier alpha value is -2.68. The molecule has 174 valence electrons. The Bertz CT molecular complexity index is 1120. The van der Waals surface area contributed by atoms with E-state index in [1.807, 2.05) is 12.1 Å². The van der Waals surface area contributed by atoms with Gasteiger partial charge in [0, 0.05) is 24.2 Å². The molecule has 2 saturated heterocycles. The van der Waals surface area contributed by atoms with Gasteiger partial charge in [-0.15, -0.1) is 0 Å². The van der Waals surface area contributed by atoms with E-state index in [1.54, 1.807) is 6.07 Å². The highest BCUT2D eigenvalue weighted by Crippen LogP contribution is 2.37. The largest absolute Gasteiger partial charge is 0.493 e. The fourth-order valence-corrected chi connectivity index (χ4v) is 4.34. The maximum absolute atomic E-state index is 13.6. The van der Waals surface area contributed by atoms with E-state index in [4.69, 9.17) is 25.8 Å². The second kappa shape index (κ2) is 10.1. The van der Waals surface area contributed by atoms with Gasteiger partial charge in [0.05, 0.1) is 35.7 Å². The van der Waals surface area contributed by atoms with Crippen LogP contribution in [0, 0.1) is 11.7 Å². The fourth-order valence-electron chi connectivity index (χ4n) is 4.16. The van der Waals surface area contributed by atoms with Crippen LogP contribution in [0.3, 0.4) is 0 Å². The van der Waals surface area contributed by atoms with Gasteiger partial charge in [0.25, 0.3) is 0 Å². The number of nitrogens with zero attached hydrogens (tertiary/aromatic N) is 2. The minimum absolute atomic E-state index is 0.0338. The van der Waals surface area contributed by atoms with E-state index in [9.17, 15) is 4.39 Å². The van der Waals surface area contributed by atoms with Crippen LogP contribution in [0.15, 0.2) is 36.7 Å². The molecule has 5 rings (SSSR count). The van der Waals surface area contributed by atoms with Crippen LogP contribution in [-0.4, -0.2) is 49.0 Å². The molecule has 2 fully saturated rings. The molecule has 2 aromatic carbocycles. The molecule has 9 heteroatoms. The van der Waals surface area contributed by atoms with E-state index in [1.165, 1.54) is 18.5 Å². The van der Waals surface area contributed by atoms with Gasteiger partial charge in [-0.05, 0) is 50.0 Å². The summed E-state index contributed by atoms with van der Waals surface area (Å²) in [6.45, 7) is 3.91. The lowest BCUT2D eigenvalue weighted by Gasteiger charge is -2.23. The first kappa shape index (κ1) is 22.1. The molecule has 0 spiro atoms. The molecule has 0 bridgehead atoms. The van der Waals surface area contributed by atoms with Gasteiger partial charge in [-0.25, -0.2) is 14.4 Å². The first-order valence-electron chi connectivity index (χ1n) is 11.2. The summed E-state index contributed by atoms with van der Waals surface area (Å²) in [7, 11) is 0. The molecule has 2 aliphatic heterocycles. The van der Waals surface area contributed by atoms with Crippen molar-refractivity contribution in [2.24, 2.45) is 5.92 Å². The first-order chi connectivity index (χ1) is 16.2. The molecule has 1 atom stereocenters. The fraction of sp³-hybridized carbons (Fsp3) is 0.417. The maximum Gasteiger partial charge on any atom is 0.145 e. The lowest BCUT2D eigenvalue weighted by atomic mass is 9.99. The van der Waals surface area contributed by atoms with E-state index in [-0.39, 0.29) is 11.1 Å². The molecule has 0 amide bonds. The number of rotatable bonds is 7. The number of hydrogen-bond acceptors (Lipinski definition) is 7. The SMILES string of the molecule is Fc1ccc(Nc2ncnc3cc(OCC4CCNCC4)cc(OC4CCOC4)c23)cc1Cl. The Labute approximate surface area is 196 Å². The Morgan fingerprint density at radius 1 is 1.15 bits per heavy atom. The van der Waals surface area contributed by atoms with Crippen LogP contribution in [0.4, 0.5) is 15.9 Å². The van der Waals surface area contributed by atoms with Crippen LogP contribution in [0.25, 0.3) is 10.9 Å². The normalized spacial score (nSPS) is 19.0. The topological polar surface area (TPSA) is 77.5 Å². The van der Waals surface area contributed by atoms with Crippen LogP contribution < -0.4 is 20.1 Å². The summed E-state index contributed by atoms with van der Waals surface area (Å²) in [6, 6.07) is 8.24. The number of halogens is 2. The maximum atomic E-state index is 13.6. The molecule has 2 aliphatic rings. The highest BCUT2D eigenvalue weighted by molar-refractivity contribution is 6.31. The van der Waals surface area contributed by atoms with E-state index < -0.39 is 5.82 Å². The molecule has 0 aliphatic carbocycles. The van der Waals surface area contributed by atoms with Gasteiger partial charge in [-0.1, -0.05) is 11.6 Å². The van der Waals surface area contributed by atoms with Crippen LogP contribution >= 0.6 is 11.6 Å². The van der Waals surface area contributed by atoms with Gasteiger partial charge >= 0.3 is 0 Å². The molecule has 2 N–H and O–H groups in total. The third-order valence-corrected chi connectivity index (χ3v) is 6.27. The molecule has 1 unspecified atom stereocenters. The van der Waals surface area contributed by atoms with Crippen molar-refractivity contribution >= 4 is 34.0 Å². The molecule has 3 heterocycles. The predicted octanol–water partition coefficient (Wildman–Crippen LogP) is 4.71. The van der Waals surface area contributed by atoms with Crippen molar-refractivity contribution in [3.8, 4) is 11.5 Å². The lowest BCUT2D eigenvalue weighted by Crippen LogP contribution is -2.30. The Morgan fingerprint density at radius 2 is 2.03 bits per heavy atom. The van der Waals surface area contributed by atoms with Crippen LogP contribution in [0.2, 0.25) is 5.02 Å². The van der Waals surface area contributed by atoms with Crippen molar-refractivity contribution in [2.45, 2.75) is 25.4 Å². The average molecular weight is 473 g/mol. The second-order valence-corrected chi connectivity index (χ2v) is 8.81. The van der Waals surface area contributed by atoms with Crippen molar-refractivity contribution in [3.63, 3.8) is 0 Å². The number of ether oxygens (including phenoxy) is 3. The van der Waals surface area contributed by atoms with E-state index in [2.05, 4.69) is 20.6 Å². The number of fused-ring (bicyclic) bond motifs is 1. The van der Waals surface area contributed by atoms with Crippen LogP contribution in [-0.2, 0) is 4.74 Å². The van der Waals surface area contributed by atoms with E-state index in [0.717, 1.165) is 37.7 Å². The number of anilines is 2. The summed E-state index contributed by atoms with van der Waals surface area (Å²) < 4.78 is 31.6. The zero-order valence-corrected chi connectivity index (χ0v) is 18.9. The number of nitrogens with one attached hydrogen (secondary N) is 2. The van der Waals surface area contributed by atoms with Crippen LogP contribution in [0.5, 0.6) is 11.5 Å². The minimum atomic E-state index is -0.476. The molecular weight excluding hydrogens is 447 g/mol. The summed E-state index contributed by atoms with van der Waals surface area (Å²) in [4.78, 5) is 8.89. The van der Waals surface area contributed by atoms with Gasteiger partial charge in [-0.3, -0.25) is 0 Å². The standard InChI is InChI=1S/C24H26ClFN4O3/c25-19-9-16(1-2-20(19)26)30-24-23-21(28-14-29-24)10-18(32-12-15-3-6-27-7-4-15)11-22(23)33-17-5-8-31-13-17/h1-2,9-11,14-15,17,27H,3-8,12-13H2,(H,28,29,30). The Morgan fingerprint density at radius 3 is 2.82 bits per heavy atom. The van der Waals surface area contributed by atoms with Gasteiger partial charge in [0.15, 0.2) is 0 Å². The van der Waals surface area contributed by atoms with Crippen LogP contribution in [0.1, 0.15) is 19.3 Å². The molecule has 1 aromatic heterocycles. The smallest absolute Gasteiger partial charge is 0.145 e. The summed E-state index contributed by atoms with van der Waals surface area (Å²) in [5.41, 5.74) is 1.31. The van der Waals surface area contributed by atoms with E-state index >= 15 is 0 Å². The highest BCUT2D eigenvalue weighted by atomic mass is 35.5. The van der Waals surface area contributed by atoms with Crippen molar-refractivity contribution < 1.29 is 18.6 Å².